The van der Waals surface area contributed by atoms with Crippen molar-refractivity contribution < 1.29 is 29.3 Å². The lowest BCUT2D eigenvalue weighted by atomic mass is 9.87. The van der Waals surface area contributed by atoms with E-state index in [1.807, 2.05) is 24.3 Å². The van der Waals surface area contributed by atoms with Crippen molar-refractivity contribution in [2.24, 2.45) is 5.92 Å². The number of phenols is 2. The highest BCUT2D eigenvalue weighted by Gasteiger charge is 2.35. The fourth-order valence-electron chi connectivity index (χ4n) is 3.00. The number of carbonyl (C=O) groups excluding carboxylic acids is 2. The maximum Gasteiger partial charge on any atom is 0.177 e. The zero-order chi connectivity index (χ0) is 18.1. The van der Waals surface area contributed by atoms with Gasteiger partial charge in [0.2, 0.25) is 0 Å². The normalized spacial score (nSPS) is 16.1. The van der Waals surface area contributed by atoms with Gasteiger partial charge in [0, 0.05) is 5.56 Å². The molecule has 0 fully saturated rings. The minimum Gasteiger partial charge on any atom is -0.507 e. The van der Waals surface area contributed by atoms with Crippen LogP contribution in [0.3, 0.4) is 0 Å². The van der Waals surface area contributed by atoms with Crippen LogP contribution in [0.1, 0.15) is 31.8 Å². The molecule has 1 aliphatic rings. The summed E-state index contributed by atoms with van der Waals surface area (Å²) in [5.41, 5.74) is 0.864. The number of Topliss-reactive ketones (excluding diaryl/α,β-unsaturated/α-hetero) is 1. The van der Waals surface area contributed by atoms with Gasteiger partial charge in [-0.2, -0.15) is 0 Å². The molecule has 1 unspecified atom stereocenters. The Kier molecular flexibility index (Phi) is 4.35. The van der Waals surface area contributed by atoms with Crippen molar-refractivity contribution >= 4 is 12.1 Å². The smallest absolute Gasteiger partial charge is 0.177 e. The van der Waals surface area contributed by atoms with Crippen LogP contribution in [0.15, 0.2) is 24.3 Å². The summed E-state index contributed by atoms with van der Waals surface area (Å²) < 4.78 is 10.7. The lowest BCUT2D eigenvalue weighted by Crippen LogP contribution is -2.30. The predicted octanol–water partition coefficient (Wildman–Crippen LogP) is 2.66. The third-order valence-electron chi connectivity index (χ3n) is 4.48. The van der Waals surface area contributed by atoms with E-state index in [0.717, 1.165) is 11.3 Å². The summed E-state index contributed by atoms with van der Waals surface area (Å²) in [4.78, 5) is 24.1. The Labute approximate surface area is 144 Å². The summed E-state index contributed by atoms with van der Waals surface area (Å²) in [5, 5.41) is 20.3. The first-order valence-electron chi connectivity index (χ1n) is 7.81. The average molecular weight is 342 g/mol. The second kappa shape index (κ2) is 6.47. The number of aldehydes is 1. The van der Waals surface area contributed by atoms with Crippen LogP contribution in [0.25, 0.3) is 0 Å². The van der Waals surface area contributed by atoms with E-state index in [1.54, 1.807) is 7.11 Å². The predicted molar refractivity (Wildman–Crippen MR) is 89.9 cm³/mol. The van der Waals surface area contributed by atoms with Crippen LogP contribution < -0.4 is 9.47 Å². The monoisotopic (exact) mass is 342 g/mol. The van der Waals surface area contributed by atoms with Crippen LogP contribution >= 0.6 is 0 Å². The van der Waals surface area contributed by atoms with Crippen LogP contribution in [0, 0.1) is 12.8 Å². The number of fused-ring (bicyclic) bond motifs is 1. The number of benzene rings is 2. The molecule has 0 saturated carbocycles. The van der Waals surface area contributed by atoms with Crippen molar-refractivity contribution in [3.05, 3.63) is 46.5 Å². The van der Waals surface area contributed by atoms with Gasteiger partial charge in [0.05, 0.1) is 25.2 Å². The van der Waals surface area contributed by atoms with Crippen LogP contribution in [0.2, 0.25) is 0 Å². The molecule has 1 heterocycles. The molecule has 1 atom stereocenters. The molecule has 1 aliphatic heterocycles. The summed E-state index contributed by atoms with van der Waals surface area (Å²) in [7, 11) is 1.58. The number of hydrogen-bond acceptors (Lipinski definition) is 6. The van der Waals surface area contributed by atoms with E-state index in [4.69, 9.17) is 9.47 Å². The second-order valence-electron chi connectivity index (χ2n) is 5.98. The number of hydrogen-bond donors (Lipinski definition) is 2. The quantitative estimate of drug-likeness (QED) is 0.830. The molecule has 0 aliphatic carbocycles. The Morgan fingerprint density at radius 2 is 1.92 bits per heavy atom. The first-order chi connectivity index (χ1) is 12.0. The summed E-state index contributed by atoms with van der Waals surface area (Å²) in [6, 6.07) is 7.34. The van der Waals surface area contributed by atoms with Crippen LogP contribution in [-0.4, -0.2) is 36.0 Å². The number of ketones is 1. The molecule has 6 nitrogen and oxygen atoms in total. The molecule has 130 valence electrons. The highest BCUT2D eigenvalue weighted by Crippen LogP contribution is 2.44. The van der Waals surface area contributed by atoms with E-state index in [2.05, 4.69) is 0 Å². The summed E-state index contributed by atoms with van der Waals surface area (Å²) in [6.45, 7) is 1.51. The van der Waals surface area contributed by atoms with E-state index in [-0.39, 0.29) is 46.3 Å². The largest absolute Gasteiger partial charge is 0.507 e. The number of methoxy groups -OCH3 is 1. The number of ether oxygens (including phenoxy) is 2. The number of carbonyl (C=O) groups is 2. The molecular formula is C19H18O6. The molecular weight excluding hydrogens is 324 g/mol. The number of phenolic OH excluding ortho intramolecular Hbond substituents is 2. The highest BCUT2D eigenvalue weighted by molar-refractivity contribution is 6.07. The summed E-state index contributed by atoms with van der Waals surface area (Å²) in [6.07, 6.45) is 0.857. The third kappa shape index (κ3) is 2.80. The number of rotatable bonds is 4. The minimum atomic E-state index is -0.491. The van der Waals surface area contributed by atoms with Gasteiger partial charge in [0.25, 0.3) is 0 Å². The molecule has 25 heavy (non-hydrogen) atoms. The van der Waals surface area contributed by atoms with Crippen molar-refractivity contribution in [1.82, 2.24) is 0 Å². The van der Waals surface area contributed by atoms with Gasteiger partial charge in [-0.3, -0.25) is 9.59 Å². The molecule has 0 spiro atoms. The SMILES string of the molecule is COc1ccc(CC2COc3c(C=O)c(O)c(C)c(O)c3C2=O)cc1. The molecule has 0 radical (unpaired) electrons. The fourth-order valence-corrected chi connectivity index (χ4v) is 3.00. The molecule has 2 aromatic rings. The van der Waals surface area contributed by atoms with Crippen molar-refractivity contribution in [2.45, 2.75) is 13.3 Å². The van der Waals surface area contributed by atoms with Gasteiger partial charge in [-0.05, 0) is 31.0 Å². The topological polar surface area (TPSA) is 93.1 Å². The van der Waals surface area contributed by atoms with Crippen LogP contribution in [-0.2, 0) is 6.42 Å². The Morgan fingerprint density at radius 3 is 2.52 bits per heavy atom. The van der Waals surface area contributed by atoms with Gasteiger partial charge in [-0.15, -0.1) is 0 Å². The zero-order valence-electron chi connectivity index (χ0n) is 13.9. The van der Waals surface area contributed by atoms with Gasteiger partial charge < -0.3 is 19.7 Å². The van der Waals surface area contributed by atoms with Crippen molar-refractivity contribution in [3.8, 4) is 23.0 Å². The van der Waals surface area contributed by atoms with E-state index in [1.165, 1.54) is 6.92 Å². The maximum atomic E-state index is 12.8. The van der Waals surface area contributed by atoms with Gasteiger partial charge in [0.15, 0.2) is 12.1 Å². The first-order valence-corrected chi connectivity index (χ1v) is 7.81. The van der Waals surface area contributed by atoms with Crippen molar-refractivity contribution in [1.29, 1.82) is 0 Å². The third-order valence-corrected chi connectivity index (χ3v) is 4.48. The standard InChI is InChI=1S/C19H18O6/c1-10-16(21)14(8-20)19-15(17(10)22)18(23)12(9-25-19)7-11-3-5-13(24-2)6-4-11/h3-6,8,12,21-22H,7,9H2,1-2H3. The maximum absolute atomic E-state index is 12.8. The van der Waals surface area contributed by atoms with Crippen LogP contribution in [0.5, 0.6) is 23.0 Å². The molecule has 2 N–H and O–H groups in total. The Balaban J connectivity index is 1.95. The average Bonchev–Trinajstić information content (AvgIpc) is 2.63. The Morgan fingerprint density at radius 1 is 1.24 bits per heavy atom. The fraction of sp³-hybridized carbons (Fsp3) is 0.263. The lowest BCUT2D eigenvalue weighted by Gasteiger charge is -2.27. The molecule has 0 aromatic heterocycles. The number of aromatic hydroxyl groups is 2. The zero-order valence-corrected chi connectivity index (χ0v) is 13.9. The second-order valence-corrected chi connectivity index (χ2v) is 5.98. The Hall–Kier alpha value is -3.02. The molecule has 0 saturated heterocycles. The molecule has 3 rings (SSSR count). The summed E-state index contributed by atoms with van der Waals surface area (Å²) in [5.74, 6) is -0.836. The Bertz CT molecular complexity index is 838. The van der Waals surface area contributed by atoms with E-state index in [9.17, 15) is 19.8 Å². The van der Waals surface area contributed by atoms with Crippen LogP contribution in [0.4, 0.5) is 0 Å². The van der Waals surface area contributed by atoms with E-state index in [0.29, 0.717) is 12.7 Å². The lowest BCUT2D eigenvalue weighted by molar-refractivity contribution is 0.0824. The van der Waals surface area contributed by atoms with Crippen molar-refractivity contribution in [3.63, 3.8) is 0 Å². The highest BCUT2D eigenvalue weighted by atomic mass is 16.5. The minimum absolute atomic E-state index is 0.0397. The van der Waals surface area contributed by atoms with Gasteiger partial charge >= 0.3 is 0 Å². The van der Waals surface area contributed by atoms with E-state index >= 15 is 0 Å². The van der Waals surface area contributed by atoms with Gasteiger partial charge in [-0.25, -0.2) is 0 Å². The molecule has 2 aromatic carbocycles. The van der Waals surface area contributed by atoms with E-state index < -0.39 is 5.92 Å². The van der Waals surface area contributed by atoms with Crippen molar-refractivity contribution in [2.75, 3.05) is 13.7 Å². The summed E-state index contributed by atoms with van der Waals surface area (Å²) >= 11 is 0. The molecule has 0 bridgehead atoms. The van der Waals surface area contributed by atoms with Gasteiger partial charge in [0.1, 0.15) is 28.6 Å². The molecule has 0 amide bonds. The van der Waals surface area contributed by atoms with Gasteiger partial charge in [-0.1, -0.05) is 12.1 Å². The first kappa shape index (κ1) is 16.8. The molecule has 6 heteroatoms.